The average Bonchev–Trinajstić information content (AvgIpc) is 2.39. The van der Waals surface area contributed by atoms with Crippen LogP contribution in [-0.4, -0.2) is 74.9 Å². The number of hydrogen-bond donors (Lipinski definition) is 1. The standard InChI is InChI=1S/C14H31N3O/c1-5-14(3)17-10-8-16(9-11-17)7-6-15-13(2)12-18-4/h13-15H,5-12H2,1-4H3. The fourth-order valence-electron chi connectivity index (χ4n) is 2.46. The summed E-state index contributed by atoms with van der Waals surface area (Å²) in [5.41, 5.74) is 0. The molecule has 2 unspecified atom stereocenters. The van der Waals surface area contributed by atoms with Gasteiger partial charge in [-0.25, -0.2) is 0 Å². The number of nitrogens with zero attached hydrogens (tertiary/aromatic N) is 2. The van der Waals surface area contributed by atoms with Gasteiger partial charge in [0, 0.05) is 58.5 Å². The van der Waals surface area contributed by atoms with Gasteiger partial charge in [-0.2, -0.15) is 0 Å². The number of rotatable bonds is 8. The normalized spacial score (nSPS) is 22.0. The molecule has 0 spiro atoms. The van der Waals surface area contributed by atoms with Crippen molar-refractivity contribution in [3.8, 4) is 0 Å². The zero-order valence-electron chi connectivity index (χ0n) is 12.6. The van der Waals surface area contributed by atoms with Crippen molar-refractivity contribution in [3.63, 3.8) is 0 Å². The Bertz CT molecular complexity index is 205. The van der Waals surface area contributed by atoms with Gasteiger partial charge in [-0.05, 0) is 20.3 Å². The molecule has 18 heavy (non-hydrogen) atoms. The summed E-state index contributed by atoms with van der Waals surface area (Å²) in [5.74, 6) is 0. The van der Waals surface area contributed by atoms with E-state index in [2.05, 4.69) is 35.9 Å². The molecule has 0 saturated carbocycles. The Hall–Kier alpha value is -0.160. The maximum atomic E-state index is 5.12. The smallest absolute Gasteiger partial charge is 0.0613 e. The van der Waals surface area contributed by atoms with Crippen molar-refractivity contribution in [2.45, 2.75) is 39.3 Å². The lowest BCUT2D eigenvalue weighted by atomic mass is 10.2. The first-order valence-corrected chi connectivity index (χ1v) is 7.36. The zero-order chi connectivity index (χ0) is 13.4. The van der Waals surface area contributed by atoms with Crippen LogP contribution in [0, 0.1) is 0 Å². The van der Waals surface area contributed by atoms with E-state index in [1.807, 2.05) is 0 Å². The third kappa shape index (κ3) is 5.65. The SMILES string of the molecule is CCC(C)N1CCN(CCNC(C)COC)CC1. The maximum absolute atomic E-state index is 5.12. The van der Waals surface area contributed by atoms with E-state index in [1.54, 1.807) is 7.11 Å². The lowest BCUT2D eigenvalue weighted by Gasteiger charge is -2.38. The second-order valence-corrected chi connectivity index (χ2v) is 5.45. The minimum atomic E-state index is 0.455. The fourth-order valence-corrected chi connectivity index (χ4v) is 2.46. The largest absolute Gasteiger partial charge is 0.383 e. The molecule has 1 fully saturated rings. The third-order valence-electron chi connectivity index (χ3n) is 3.96. The van der Waals surface area contributed by atoms with Gasteiger partial charge in [0.1, 0.15) is 0 Å². The Kier molecular flexibility index (Phi) is 7.82. The lowest BCUT2D eigenvalue weighted by molar-refractivity contribution is 0.0993. The molecule has 0 amide bonds. The molecule has 0 aromatic heterocycles. The second kappa shape index (κ2) is 8.86. The molecular formula is C14H31N3O. The van der Waals surface area contributed by atoms with Crippen LogP contribution in [0.25, 0.3) is 0 Å². The van der Waals surface area contributed by atoms with Gasteiger partial charge in [-0.15, -0.1) is 0 Å². The van der Waals surface area contributed by atoms with Crippen molar-refractivity contribution in [1.29, 1.82) is 0 Å². The van der Waals surface area contributed by atoms with Gasteiger partial charge in [-0.1, -0.05) is 6.92 Å². The second-order valence-electron chi connectivity index (χ2n) is 5.45. The summed E-state index contributed by atoms with van der Waals surface area (Å²) < 4.78 is 5.12. The molecule has 2 atom stereocenters. The van der Waals surface area contributed by atoms with Gasteiger partial charge in [0.05, 0.1) is 6.61 Å². The molecule has 1 rings (SSSR count). The summed E-state index contributed by atoms with van der Waals surface area (Å²) in [5, 5.41) is 3.50. The van der Waals surface area contributed by atoms with Crippen molar-refractivity contribution in [2.24, 2.45) is 0 Å². The van der Waals surface area contributed by atoms with Crippen LogP contribution in [0.4, 0.5) is 0 Å². The van der Waals surface area contributed by atoms with E-state index in [4.69, 9.17) is 4.74 Å². The van der Waals surface area contributed by atoms with Crippen LogP contribution in [0.15, 0.2) is 0 Å². The Labute approximate surface area is 113 Å². The van der Waals surface area contributed by atoms with Crippen molar-refractivity contribution in [2.75, 3.05) is 53.0 Å². The molecule has 1 aliphatic heterocycles. The molecule has 1 heterocycles. The van der Waals surface area contributed by atoms with Crippen LogP contribution >= 0.6 is 0 Å². The van der Waals surface area contributed by atoms with Crippen LogP contribution in [0.5, 0.6) is 0 Å². The summed E-state index contributed by atoms with van der Waals surface area (Å²) in [6, 6.07) is 1.20. The quantitative estimate of drug-likeness (QED) is 0.703. The Morgan fingerprint density at radius 2 is 1.83 bits per heavy atom. The minimum Gasteiger partial charge on any atom is -0.383 e. The van der Waals surface area contributed by atoms with Crippen LogP contribution in [0.3, 0.4) is 0 Å². The number of methoxy groups -OCH3 is 1. The van der Waals surface area contributed by atoms with Gasteiger partial charge < -0.3 is 10.1 Å². The summed E-state index contributed by atoms with van der Waals surface area (Å²) in [4.78, 5) is 5.17. The monoisotopic (exact) mass is 257 g/mol. The molecule has 1 saturated heterocycles. The van der Waals surface area contributed by atoms with Crippen molar-refractivity contribution in [3.05, 3.63) is 0 Å². The van der Waals surface area contributed by atoms with E-state index in [9.17, 15) is 0 Å². The maximum Gasteiger partial charge on any atom is 0.0613 e. The summed E-state index contributed by atoms with van der Waals surface area (Å²) in [7, 11) is 1.76. The number of hydrogen-bond acceptors (Lipinski definition) is 4. The number of nitrogens with one attached hydrogen (secondary N) is 1. The lowest BCUT2D eigenvalue weighted by Crippen LogP contribution is -2.51. The van der Waals surface area contributed by atoms with Crippen LogP contribution < -0.4 is 5.32 Å². The highest BCUT2D eigenvalue weighted by molar-refractivity contribution is 4.76. The predicted octanol–water partition coefficient (Wildman–Crippen LogP) is 1.03. The van der Waals surface area contributed by atoms with Crippen LogP contribution in [-0.2, 0) is 4.74 Å². The molecule has 0 radical (unpaired) electrons. The van der Waals surface area contributed by atoms with Crippen LogP contribution in [0.2, 0.25) is 0 Å². The van der Waals surface area contributed by atoms with E-state index in [-0.39, 0.29) is 0 Å². The minimum absolute atomic E-state index is 0.455. The topological polar surface area (TPSA) is 27.7 Å². The molecule has 0 bridgehead atoms. The molecule has 0 aromatic carbocycles. The highest BCUT2D eigenvalue weighted by Crippen LogP contribution is 2.08. The highest BCUT2D eigenvalue weighted by Gasteiger charge is 2.19. The van der Waals surface area contributed by atoms with Gasteiger partial charge in [0.25, 0.3) is 0 Å². The zero-order valence-corrected chi connectivity index (χ0v) is 12.6. The predicted molar refractivity (Wildman–Crippen MR) is 77.1 cm³/mol. The highest BCUT2D eigenvalue weighted by atomic mass is 16.5. The van der Waals surface area contributed by atoms with Gasteiger partial charge in [0.2, 0.25) is 0 Å². The molecule has 1 N–H and O–H groups in total. The average molecular weight is 257 g/mol. The van der Waals surface area contributed by atoms with Gasteiger partial charge >= 0.3 is 0 Å². The molecule has 4 nitrogen and oxygen atoms in total. The molecular weight excluding hydrogens is 226 g/mol. The summed E-state index contributed by atoms with van der Waals surface area (Å²) in [6.45, 7) is 14.7. The summed E-state index contributed by atoms with van der Waals surface area (Å²) >= 11 is 0. The molecule has 0 aromatic rings. The van der Waals surface area contributed by atoms with Crippen molar-refractivity contribution >= 4 is 0 Å². The first-order chi connectivity index (χ1) is 8.67. The van der Waals surface area contributed by atoms with Gasteiger partial charge in [0.15, 0.2) is 0 Å². The van der Waals surface area contributed by atoms with Gasteiger partial charge in [-0.3, -0.25) is 9.80 Å². The Balaban J connectivity index is 2.08. The van der Waals surface area contributed by atoms with Crippen molar-refractivity contribution < 1.29 is 4.74 Å². The Morgan fingerprint density at radius 1 is 1.17 bits per heavy atom. The van der Waals surface area contributed by atoms with Crippen molar-refractivity contribution in [1.82, 2.24) is 15.1 Å². The van der Waals surface area contributed by atoms with E-state index in [0.717, 1.165) is 25.7 Å². The van der Waals surface area contributed by atoms with E-state index in [0.29, 0.717) is 6.04 Å². The summed E-state index contributed by atoms with van der Waals surface area (Å²) in [6.07, 6.45) is 1.26. The first kappa shape index (κ1) is 15.9. The molecule has 4 heteroatoms. The first-order valence-electron chi connectivity index (χ1n) is 7.36. The number of piperazine rings is 1. The third-order valence-corrected chi connectivity index (χ3v) is 3.96. The number of ether oxygens (including phenoxy) is 1. The molecule has 1 aliphatic rings. The van der Waals surface area contributed by atoms with Crippen LogP contribution in [0.1, 0.15) is 27.2 Å². The molecule has 108 valence electrons. The van der Waals surface area contributed by atoms with E-state index in [1.165, 1.54) is 32.6 Å². The van der Waals surface area contributed by atoms with E-state index < -0.39 is 0 Å². The Morgan fingerprint density at radius 3 is 2.39 bits per heavy atom. The fraction of sp³-hybridized carbons (Fsp3) is 1.00. The molecule has 0 aliphatic carbocycles. The van der Waals surface area contributed by atoms with E-state index >= 15 is 0 Å².